The fraction of sp³-hybridized carbons (Fsp3) is 0.618. The fourth-order valence-electron chi connectivity index (χ4n) is 6.57. The average Bonchev–Trinajstić information content (AvgIpc) is 3.15. The monoisotopic (exact) mass is 531 g/mol. The summed E-state index contributed by atoms with van der Waals surface area (Å²) in [6.07, 6.45) is 15.2. The fourth-order valence-corrected chi connectivity index (χ4v) is 6.57. The number of nitrogens with one attached hydrogen (secondary N) is 1. The van der Waals surface area contributed by atoms with Crippen molar-refractivity contribution in [2.45, 2.75) is 105 Å². The third-order valence-corrected chi connectivity index (χ3v) is 8.99. The van der Waals surface area contributed by atoms with Crippen LogP contribution in [0, 0.1) is 31.1 Å². The van der Waals surface area contributed by atoms with Crippen LogP contribution >= 0.6 is 0 Å². The van der Waals surface area contributed by atoms with E-state index in [1.807, 2.05) is 6.08 Å². The number of allylic oxidation sites excluding steroid dienone is 2. The number of hydrogen-bond donors (Lipinski definition) is 1. The molecule has 0 radical (unpaired) electrons. The third-order valence-electron chi connectivity index (χ3n) is 8.99. The van der Waals surface area contributed by atoms with E-state index in [1.165, 1.54) is 5.57 Å². The first-order valence-electron chi connectivity index (χ1n) is 15.2. The van der Waals surface area contributed by atoms with Crippen LogP contribution in [0.3, 0.4) is 0 Å². The molecule has 1 aromatic rings. The number of amides is 2. The first-order valence-corrected chi connectivity index (χ1v) is 15.2. The molecule has 2 aliphatic carbocycles. The summed E-state index contributed by atoms with van der Waals surface area (Å²) in [6, 6.07) is 6.34. The van der Waals surface area contributed by atoms with Crippen LogP contribution in [0.25, 0.3) is 0 Å². The van der Waals surface area contributed by atoms with Crippen molar-refractivity contribution in [3.8, 4) is 0 Å². The zero-order valence-corrected chi connectivity index (χ0v) is 25.1. The van der Waals surface area contributed by atoms with Gasteiger partial charge in [-0.3, -0.25) is 14.6 Å². The number of aliphatic imine (C=N–C) groups is 1. The average molecular weight is 532 g/mol. The van der Waals surface area contributed by atoms with Crippen molar-refractivity contribution in [1.29, 1.82) is 0 Å². The Kier molecular flexibility index (Phi) is 9.18. The van der Waals surface area contributed by atoms with E-state index in [9.17, 15) is 9.59 Å². The molecule has 1 heterocycles. The van der Waals surface area contributed by atoms with Crippen LogP contribution in [0.1, 0.15) is 102 Å². The predicted molar refractivity (Wildman–Crippen MR) is 161 cm³/mol. The molecule has 1 saturated carbocycles. The zero-order valence-electron chi connectivity index (χ0n) is 25.1. The molecule has 4 rings (SSSR count). The number of benzene rings is 1. The summed E-state index contributed by atoms with van der Waals surface area (Å²) in [6.45, 7) is 14.7. The Morgan fingerprint density at radius 1 is 1.10 bits per heavy atom. The van der Waals surface area contributed by atoms with Crippen molar-refractivity contribution in [2.75, 3.05) is 13.1 Å². The van der Waals surface area contributed by atoms with Gasteiger partial charge in [0.25, 0.3) is 5.91 Å². The SMILES string of the molecule is CCCCCNC(=O)C1C=CC(CCN2C(=O)C(c3cc(C)cc(C)c3)=NC23CCC(C(C)(C)C)CC3)=CC1. The lowest BCUT2D eigenvalue weighted by molar-refractivity contribution is -0.129. The molecule has 2 amide bonds. The lowest BCUT2D eigenvalue weighted by Gasteiger charge is -2.45. The first-order chi connectivity index (χ1) is 18.5. The lowest BCUT2D eigenvalue weighted by atomic mass is 9.69. The van der Waals surface area contributed by atoms with Crippen LogP contribution in [-0.4, -0.2) is 41.2 Å². The summed E-state index contributed by atoms with van der Waals surface area (Å²) < 4.78 is 0. The highest BCUT2D eigenvalue weighted by molar-refractivity contribution is 6.46. The molecular weight excluding hydrogens is 482 g/mol. The molecule has 1 N–H and O–H groups in total. The molecule has 39 heavy (non-hydrogen) atoms. The minimum absolute atomic E-state index is 0.0685. The highest BCUT2D eigenvalue weighted by Gasteiger charge is 2.49. The molecular formula is C34H49N3O2. The van der Waals surface area contributed by atoms with Crippen molar-refractivity contribution in [3.05, 3.63) is 58.7 Å². The minimum Gasteiger partial charge on any atom is -0.356 e. The van der Waals surface area contributed by atoms with Crippen LogP contribution in [0.2, 0.25) is 0 Å². The van der Waals surface area contributed by atoms with Crippen LogP contribution in [0.4, 0.5) is 0 Å². The lowest BCUT2D eigenvalue weighted by Crippen LogP contribution is -2.50. The maximum Gasteiger partial charge on any atom is 0.274 e. The Labute approximate surface area is 236 Å². The van der Waals surface area contributed by atoms with Gasteiger partial charge in [0.05, 0.1) is 5.92 Å². The molecule has 212 valence electrons. The molecule has 0 aromatic heterocycles. The first kappa shape index (κ1) is 29.3. The highest BCUT2D eigenvalue weighted by atomic mass is 16.2. The summed E-state index contributed by atoms with van der Waals surface area (Å²) in [5, 5.41) is 3.08. The number of unbranched alkanes of at least 4 members (excludes halogenated alkanes) is 2. The number of aryl methyl sites for hydroxylation is 2. The molecule has 1 spiro atoms. The topological polar surface area (TPSA) is 61.8 Å². The van der Waals surface area contributed by atoms with Crippen molar-refractivity contribution >= 4 is 17.5 Å². The van der Waals surface area contributed by atoms with Gasteiger partial charge in [0.2, 0.25) is 5.91 Å². The third kappa shape index (κ3) is 6.91. The normalized spacial score (nSPS) is 25.2. The van der Waals surface area contributed by atoms with Gasteiger partial charge in [0.1, 0.15) is 11.4 Å². The van der Waals surface area contributed by atoms with Crippen molar-refractivity contribution < 1.29 is 9.59 Å². The van der Waals surface area contributed by atoms with E-state index in [0.717, 1.165) is 81.0 Å². The van der Waals surface area contributed by atoms with Gasteiger partial charge in [-0.05, 0) is 82.3 Å². The number of nitrogens with zero attached hydrogens (tertiary/aromatic N) is 2. The van der Waals surface area contributed by atoms with Crippen molar-refractivity contribution in [3.63, 3.8) is 0 Å². The second-order valence-corrected chi connectivity index (χ2v) is 13.1. The van der Waals surface area contributed by atoms with E-state index in [1.54, 1.807) is 0 Å². The van der Waals surface area contributed by atoms with E-state index in [0.29, 0.717) is 18.2 Å². The summed E-state index contributed by atoms with van der Waals surface area (Å²) in [4.78, 5) is 33.8. The Morgan fingerprint density at radius 2 is 1.79 bits per heavy atom. The largest absolute Gasteiger partial charge is 0.356 e. The Bertz CT molecular complexity index is 1130. The van der Waals surface area contributed by atoms with Gasteiger partial charge in [0.15, 0.2) is 0 Å². The quantitative estimate of drug-likeness (QED) is 0.347. The number of rotatable bonds is 9. The molecule has 1 atom stereocenters. The van der Waals surface area contributed by atoms with Crippen LogP contribution in [0.5, 0.6) is 0 Å². The van der Waals surface area contributed by atoms with Gasteiger partial charge in [-0.1, -0.05) is 81.5 Å². The van der Waals surface area contributed by atoms with E-state index < -0.39 is 5.66 Å². The van der Waals surface area contributed by atoms with Crippen LogP contribution in [0.15, 0.2) is 47.0 Å². The summed E-state index contributed by atoms with van der Waals surface area (Å²) in [5.74, 6) is 0.740. The van der Waals surface area contributed by atoms with Gasteiger partial charge >= 0.3 is 0 Å². The second-order valence-electron chi connectivity index (χ2n) is 13.1. The zero-order chi connectivity index (χ0) is 28.2. The molecule has 1 aromatic carbocycles. The maximum absolute atomic E-state index is 13.9. The van der Waals surface area contributed by atoms with Gasteiger partial charge in [-0.2, -0.15) is 0 Å². The van der Waals surface area contributed by atoms with Gasteiger partial charge in [-0.25, -0.2) is 0 Å². The second kappa shape index (κ2) is 12.2. The van der Waals surface area contributed by atoms with Gasteiger partial charge in [-0.15, -0.1) is 0 Å². The highest BCUT2D eigenvalue weighted by Crippen LogP contribution is 2.46. The Balaban J connectivity index is 1.46. The molecule has 5 nitrogen and oxygen atoms in total. The van der Waals surface area contributed by atoms with E-state index in [4.69, 9.17) is 4.99 Å². The smallest absolute Gasteiger partial charge is 0.274 e. The molecule has 1 fully saturated rings. The molecule has 3 aliphatic rings. The van der Waals surface area contributed by atoms with Crippen LogP contribution < -0.4 is 5.32 Å². The number of carbonyl (C=O) groups excluding carboxylic acids is 2. The summed E-state index contributed by atoms with van der Waals surface area (Å²) in [7, 11) is 0. The molecule has 5 heteroatoms. The minimum atomic E-state index is -0.439. The van der Waals surface area contributed by atoms with E-state index >= 15 is 0 Å². The Morgan fingerprint density at radius 3 is 2.38 bits per heavy atom. The number of hydrogen-bond acceptors (Lipinski definition) is 3. The molecule has 1 aliphatic heterocycles. The van der Waals surface area contributed by atoms with Gasteiger partial charge < -0.3 is 10.2 Å². The standard InChI is InChI=1S/C34H49N3O2/c1-7-8-9-19-35-31(38)27-12-10-26(11-13-27)16-20-37-32(39)30(28-22-24(2)21-25(3)23-28)36-34(37)17-14-29(15-18-34)33(4,5)6/h10-12,21-23,27,29H,7-9,13-20H2,1-6H3,(H,35,38). The van der Waals surface area contributed by atoms with E-state index in [-0.39, 0.29) is 23.1 Å². The van der Waals surface area contributed by atoms with Crippen molar-refractivity contribution in [2.24, 2.45) is 22.2 Å². The predicted octanol–water partition coefficient (Wildman–Crippen LogP) is 7.07. The summed E-state index contributed by atoms with van der Waals surface area (Å²) in [5.41, 5.74) is 4.93. The molecule has 0 bridgehead atoms. The summed E-state index contributed by atoms with van der Waals surface area (Å²) >= 11 is 0. The van der Waals surface area contributed by atoms with Crippen LogP contribution in [-0.2, 0) is 9.59 Å². The van der Waals surface area contributed by atoms with Crippen molar-refractivity contribution in [1.82, 2.24) is 10.2 Å². The molecule has 1 unspecified atom stereocenters. The Hall–Kier alpha value is -2.69. The molecule has 0 saturated heterocycles. The maximum atomic E-state index is 13.9. The van der Waals surface area contributed by atoms with Gasteiger partial charge in [0, 0.05) is 18.7 Å². The van der Waals surface area contributed by atoms with E-state index in [2.05, 4.69) is 82.1 Å². The number of carbonyl (C=O) groups is 2.